The Morgan fingerprint density at radius 2 is 1.91 bits per heavy atom. The van der Waals surface area contributed by atoms with Crippen LogP contribution in [0.15, 0.2) is 35.2 Å². The molecule has 1 aliphatic heterocycles. The van der Waals surface area contributed by atoms with Crippen LogP contribution in [0.1, 0.15) is 12.8 Å². The molecule has 0 spiro atoms. The Hall–Kier alpha value is -1.41. The van der Waals surface area contributed by atoms with Crippen LogP contribution in [0.2, 0.25) is 0 Å². The minimum Gasteiger partial charge on any atom is -0.342 e. The minimum atomic E-state index is -3.50. The molecule has 1 unspecified atom stereocenters. The van der Waals surface area contributed by atoms with Gasteiger partial charge in [0.2, 0.25) is 5.91 Å². The maximum atomic E-state index is 12.1. The van der Waals surface area contributed by atoms with Crippen LogP contribution >= 0.6 is 0 Å². The first-order valence-electron chi connectivity index (χ1n) is 6.95. The molecule has 0 aliphatic carbocycles. The fourth-order valence-electron chi connectivity index (χ4n) is 2.43. The molecule has 0 N–H and O–H groups in total. The van der Waals surface area contributed by atoms with Crippen LogP contribution in [-0.4, -0.2) is 58.0 Å². The summed E-state index contributed by atoms with van der Waals surface area (Å²) in [4.78, 5) is 13.6. The zero-order chi connectivity index (χ0) is 16.4. The zero-order valence-electron chi connectivity index (χ0n) is 12.3. The molecule has 0 bridgehead atoms. The lowest BCUT2D eigenvalue weighted by Gasteiger charge is -2.23. The summed E-state index contributed by atoms with van der Waals surface area (Å²) in [5.41, 5.74) is 0. The van der Waals surface area contributed by atoms with Gasteiger partial charge in [-0.2, -0.15) is 0 Å². The fraction of sp³-hybridized carbons (Fsp3) is 0.500. The second-order valence-electron chi connectivity index (χ2n) is 5.44. The van der Waals surface area contributed by atoms with E-state index in [1.807, 2.05) is 0 Å². The minimum absolute atomic E-state index is 0.0410. The average Bonchev–Trinajstić information content (AvgIpc) is 2.85. The SMILES string of the molecule is CN(C(=O)CCS(=O)(=O)c1ccccc1)C1CCS(=O)(=O)C1. The summed E-state index contributed by atoms with van der Waals surface area (Å²) >= 11 is 0. The number of hydrogen-bond acceptors (Lipinski definition) is 5. The number of hydrogen-bond donors (Lipinski definition) is 0. The summed E-state index contributed by atoms with van der Waals surface area (Å²) in [6.45, 7) is 0. The van der Waals surface area contributed by atoms with E-state index < -0.39 is 19.7 Å². The second kappa shape index (κ2) is 6.37. The molecule has 1 aromatic carbocycles. The molecule has 1 amide bonds. The molecule has 8 heteroatoms. The Balaban J connectivity index is 1.95. The lowest BCUT2D eigenvalue weighted by molar-refractivity contribution is -0.131. The van der Waals surface area contributed by atoms with Crippen LogP contribution in [0.5, 0.6) is 0 Å². The normalized spacial score (nSPS) is 20.7. The summed E-state index contributed by atoms with van der Waals surface area (Å²) < 4.78 is 47.1. The van der Waals surface area contributed by atoms with Crippen molar-refractivity contribution in [2.45, 2.75) is 23.8 Å². The van der Waals surface area contributed by atoms with E-state index in [2.05, 4.69) is 0 Å². The number of sulfone groups is 2. The van der Waals surface area contributed by atoms with Gasteiger partial charge in [-0.1, -0.05) is 18.2 Å². The van der Waals surface area contributed by atoms with Gasteiger partial charge in [-0.05, 0) is 18.6 Å². The van der Waals surface area contributed by atoms with Crippen molar-refractivity contribution in [3.05, 3.63) is 30.3 Å². The van der Waals surface area contributed by atoms with Gasteiger partial charge in [-0.15, -0.1) is 0 Å². The van der Waals surface area contributed by atoms with Crippen LogP contribution in [0.3, 0.4) is 0 Å². The third-order valence-corrected chi connectivity index (χ3v) is 7.32. The van der Waals surface area contributed by atoms with Crippen LogP contribution in [0, 0.1) is 0 Å². The van der Waals surface area contributed by atoms with Gasteiger partial charge in [0.15, 0.2) is 19.7 Å². The molecule has 122 valence electrons. The quantitative estimate of drug-likeness (QED) is 0.775. The highest BCUT2D eigenvalue weighted by atomic mass is 32.2. The van der Waals surface area contributed by atoms with Gasteiger partial charge in [0.25, 0.3) is 0 Å². The van der Waals surface area contributed by atoms with Gasteiger partial charge < -0.3 is 4.90 Å². The van der Waals surface area contributed by atoms with Crippen molar-refractivity contribution in [2.75, 3.05) is 24.3 Å². The molecular weight excluding hydrogens is 326 g/mol. The number of carbonyl (C=O) groups excluding carboxylic acids is 1. The van der Waals surface area contributed by atoms with Crippen LogP contribution < -0.4 is 0 Å². The van der Waals surface area contributed by atoms with Gasteiger partial charge >= 0.3 is 0 Å². The highest BCUT2D eigenvalue weighted by Gasteiger charge is 2.32. The maximum Gasteiger partial charge on any atom is 0.223 e. The van der Waals surface area contributed by atoms with Crippen LogP contribution in [0.4, 0.5) is 0 Å². The smallest absolute Gasteiger partial charge is 0.223 e. The molecular formula is C14H19NO5S2. The fourth-order valence-corrected chi connectivity index (χ4v) is 5.45. The van der Waals surface area contributed by atoms with Gasteiger partial charge in [0.05, 0.1) is 22.2 Å². The summed E-state index contributed by atoms with van der Waals surface area (Å²) in [7, 11) is -5.04. The molecule has 1 aromatic rings. The maximum absolute atomic E-state index is 12.1. The van der Waals surface area contributed by atoms with Crippen molar-refractivity contribution in [3.63, 3.8) is 0 Å². The number of rotatable bonds is 5. The first-order valence-corrected chi connectivity index (χ1v) is 10.4. The van der Waals surface area contributed by atoms with E-state index in [4.69, 9.17) is 0 Å². The van der Waals surface area contributed by atoms with Gasteiger partial charge in [-0.25, -0.2) is 16.8 Å². The molecule has 6 nitrogen and oxygen atoms in total. The molecule has 0 saturated carbocycles. The summed E-state index contributed by atoms with van der Waals surface area (Å²) in [6.07, 6.45) is 0.264. The van der Waals surface area contributed by atoms with E-state index >= 15 is 0 Å². The van der Waals surface area contributed by atoms with E-state index in [-0.39, 0.29) is 40.5 Å². The zero-order valence-corrected chi connectivity index (χ0v) is 13.9. The molecule has 1 atom stereocenters. The van der Waals surface area contributed by atoms with E-state index in [9.17, 15) is 21.6 Å². The Bertz CT molecular complexity index is 741. The Morgan fingerprint density at radius 1 is 1.27 bits per heavy atom. The standard InChI is InChI=1S/C14H19NO5S2/c1-15(12-7-9-21(17,18)11-12)14(16)8-10-22(19,20)13-5-3-2-4-6-13/h2-6,12H,7-11H2,1H3. The third-order valence-electron chi connectivity index (χ3n) is 3.84. The van der Waals surface area contributed by atoms with Crippen molar-refractivity contribution in [2.24, 2.45) is 0 Å². The van der Waals surface area contributed by atoms with E-state index in [1.165, 1.54) is 24.1 Å². The van der Waals surface area contributed by atoms with E-state index in [0.717, 1.165) is 0 Å². The summed E-state index contributed by atoms with van der Waals surface area (Å²) in [6, 6.07) is 7.62. The first-order chi connectivity index (χ1) is 10.2. The van der Waals surface area contributed by atoms with E-state index in [0.29, 0.717) is 6.42 Å². The predicted octanol–water partition coefficient (Wildman–Crippen LogP) is 0.496. The third kappa shape index (κ3) is 4.07. The largest absolute Gasteiger partial charge is 0.342 e. The Morgan fingerprint density at radius 3 is 2.45 bits per heavy atom. The molecule has 1 heterocycles. The highest BCUT2D eigenvalue weighted by molar-refractivity contribution is 7.91. The van der Waals surface area contributed by atoms with Gasteiger partial charge in [0, 0.05) is 19.5 Å². The average molecular weight is 345 g/mol. The van der Waals surface area contributed by atoms with Gasteiger partial charge in [-0.3, -0.25) is 4.79 Å². The first kappa shape index (κ1) is 17.0. The summed E-state index contributed by atoms with van der Waals surface area (Å²) in [5.74, 6) is -0.584. The molecule has 1 aliphatic rings. The molecule has 0 aromatic heterocycles. The van der Waals surface area contributed by atoms with Crippen molar-refractivity contribution in [1.29, 1.82) is 0 Å². The molecule has 1 saturated heterocycles. The van der Waals surface area contributed by atoms with Gasteiger partial charge in [0.1, 0.15) is 0 Å². The van der Waals surface area contributed by atoms with E-state index in [1.54, 1.807) is 18.2 Å². The van der Waals surface area contributed by atoms with Crippen molar-refractivity contribution < 1.29 is 21.6 Å². The predicted molar refractivity (Wildman–Crippen MR) is 82.9 cm³/mol. The number of carbonyl (C=O) groups is 1. The topological polar surface area (TPSA) is 88.6 Å². The molecule has 2 rings (SSSR count). The lowest BCUT2D eigenvalue weighted by atomic mass is 10.2. The number of benzene rings is 1. The molecule has 22 heavy (non-hydrogen) atoms. The van der Waals surface area contributed by atoms with Crippen molar-refractivity contribution in [3.8, 4) is 0 Å². The molecule has 0 radical (unpaired) electrons. The second-order valence-corrected chi connectivity index (χ2v) is 9.78. The number of nitrogens with zero attached hydrogens (tertiary/aromatic N) is 1. The molecule has 1 fully saturated rings. The number of amides is 1. The summed E-state index contributed by atoms with van der Waals surface area (Å²) in [5, 5.41) is 0. The van der Waals surface area contributed by atoms with Crippen molar-refractivity contribution in [1.82, 2.24) is 4.90 Å². The van der Waals surface area contributed by atoms with Crippen molar-refractivity contribution >= 4 is 25.6 Å². The highest BCUT2D eigenvalue weighted by Crippen LogP contribution is 2.18. The Labute approximate surface area is 131 Å². The van der Waals surface area contributed by atoms with Crippen LogP contribution in [0.25, 0.3) is 0 Å². The van der Waals surface area contributed by atoms with Crippen LogP contribution in [-0.2, 0) is 24.5 Å². The Kier molecular flexibility index (Phi) is 4.91. The lowest BCUT2D eigenvalue weighted by Crippen LogP contribution is -2.38. The monoisotopic (exact) mass is 345 g/mol.